The molecule has 1 aromatic carbocycles. The van der Waals surface area contributed by atoms with Crippen LogP contribution in [0.2, 0.25) is 0 Å². The molecule has 0 fully saturated rings. The second-order valence-electron chi connectivity index (χ2n) is 3.47. The summed E-state index contributed by atoms with van der Waals surface area (Å²) < 4.78 is 50.5. The van der Waals surface area contributed by atoms with Crippen LogP contribution < -0.4 is 5.73 Å². The summed E-state index contributed by atoms with van der Waals surface area (Å²) >= 11 is 0. The predicted molar refractivity (Wildman–Crippen MR) is 50.0 cm³/mol. The number of benzene rings is 1. The first-order valence-electron chi connectivity index (χ1n) is 4.54. The molecule has 0 radical (unpaired) electrons. The summed E-state index contributed by atoms with van der Waals surface area (Å²) in [6, 6.07) is 1.64. The van der Waals surface area contributed by atoms with Crippen molar-refractivity contribution in [2.45, 2.75) is 25.2 Å². The Labute approximate surface area is 89.7 Å². The highest BCUT2D eigenvalue weighted by atomic mass is 19.4. The van der Waals surface area contributed by atoms with Gasteiger partial charge in [-0.2, -0.15) is 13.2 Å². The van der Waals surface area contributed by atoms with Crippen LogP contribution in [0.25, 0.3) is 0 Å². The zero-order chi connectivity index (χ0) is 12.5. The third-order valence-electron chi connectivity index (χ3n) is 2.21. The van der Waals surface area contributed by atoms with Crippen LogP contribution in [-0.4, -0.2) is 11.2 Å². The van der Waals surface area contributed by atoms with Gasteiger partial charge in [-0.1, -0.05) is 12.1 Å². The lowest BCUT2D eigenvalue weighted by molar-refractivity contribution is -0.140. The normalized spacial score (nSPS) is 15.9. The van der Waals surface area contributed by atoms with Crippen molar-refractivity contribution in [2.24, 2.45) is 5.73 Å². The Morgan fingerprint density at radius 1 is 1.31 bits per heavy atom. The van der Waals surface area contributed by atoms with Crippen molar-refractivity contribution >= 4 is 0 Å². The van der Waals surface area contributed by atoms with E-state index in [1.54, 1.807) is 0 Å². The first kappa shape index (κ1) is 12.9. The Bertz CT molecular complexity index is 376. The van der Waals surface area contributed by atoms with Gasteiger partial charge in [0.15, 0.2) is 0 Å². The Hall–Kier alpha value is -1.14. The predicted octanol–water partition coefficient (Wildman–Crippen LogP) is 2.23. The number of aliphatic hydroxyl groups excluding tert-OH is 1. The highest BCUT2D eigenvalue weighted by Crippen LogP contribution is 2.33. The van der Waals surface area contributed by atoms with Gasteiger partial charge in [-0.05, 0) is 13.0 Å². The molecule has 0 saturated carbocycles. The van der Waals surface area contributed by atoms with E-state index in [2.05, 4.69) is 0 Å². The van der Waals surface area contributed by atoms with E-state index in [1.165, 1.54) is 6.92 Å². The lowest BCUT2D eigenvalue weighted by Crippen LogP contribution is -2.25. The Morgan fingerprint density at radius 2 is 1.88 bits per heavy atom. The van der Waals surface area contributed by atoms with Gasteiger partial charge < -0.3 is 10.8 Å². The summed E-state index contributed by atoms with van der Waals surface area (Å²) in [6.07, 6.45) is -5.89. The minimum absolute atomic E-state index is 0.343. The molecule has 16 heavy (non-hydrogen) atoms. The molecule has 0 unspecified atom stereocenters. The second kappa shape index (κ2) is 4.39. The van der Waals surface area contributed by atoms with E-state index in [4.69, 9.17) is 10.8 Å². The fourth-order valence-corrected chi connectivity index (χ4v) is 1.29. The third-order valence-corrected chi connectivity index (χ3v) is 2.21. The standard InChI is InChI=1S/C10H11F4NO/c1-5(16)9(15)6-3-2-4-7(8(6)11)10(12,13)14/h2-5,9,16H,15H2,1H3/t5-,9-/m1/s1. The molecule has 0 spiro atoms. The van der Waals surface area contributed by atoms with E-state index in [9.17, 15) is 17.6 Å². The largest absolute Gasteiger partial charge is 0.419 e. The molecular formula is C10H11F4NO. The van der Waals surface area contributed by atoms with Crippen LogP contribution >= 0.6 is 0 Å². The molecule has 2 nitrogen and oxygen atoms in total. The summed E-state index contributed by atoms with van der Waals surface area (Å²) in [6.45, 7) is 1.28. The molecule has 0 heterocycles. The van der Waals surface area contributed by atoms with Crippen molar-refractivity contribution < 1.29 is 22.7 Å². The van der Waals surface area contributed by atoms with Gasteiger partial charge in [0, 0.05) is 5.56 Å². The van der Waals surface area contributed by atoms with Crippen molar-refractivity contribution in [3.63, 3.8) is 0 Å². The fraction of sp³-hybridized carbons (Fsp3) is 0.400. The Balaban J connectivity index is 3.24. The van der Waals surface area contributed by atoms with Crippen LogP contribution in [-0.2, 0) is 6.18 Å². The van der Waals surface area contributed by atoms with Crippen LogP contribution in [0.5, 0.6) is 0 Å². The summed E-state index contributed by atoms with van der Waals surface area (Å²) in [7, 11) is 0. The van der Waals surface area contributed by atoms with Crippen LogP contribution in [0.4, 0.5) is 17.6 Å². The van der Waals surface area contributed by atoms with Gasteiger partial charge in [-0.3, -0.25) is 0 Å². The lowest BCUT2D eigenvalue weighted by Gasteiger charge is -2.18. The number of aliphatic hydroxyl groups is 1. The highest BCUT2D eigenvalue weighted by molar-refractivity contribution is 5.30. The average Bonchev–Trinajstić information content (AvgIpc) is 2.15. The lowest BCUT2D eigenvalue weighted by atomic mass is 10.00. The molecule has 0 aliphatic rings. The van der Waals surface area contributed by atoms with E-state index in [-0.39, 0.29) is 5.56 Å². The number of hydrogen-bond donors (Lipinski definition) is 2. The van der Waals surface area contributed by atoms with Gasteiger partial charge in [-0.15, -0.1) is 0 Å². The monoisotopic (exact) mass is 237 g/mol. The number of hydrogen-bond acceptors (Lipinski definition) is 2. The maximum absolute atomic E-state index is 13.5. The number of rotatable bonds is 2. The van der Waals surface area contributed by atoms with E-state index in [0.29, 0.717) is 6.07 Å². The van der Waals surface area contributed by atoms with Gasteiger partial charge in [0.25, 0.3) is 0 Å². The minimum atomic E-state index is -4.77. The van der Waals surface area contributed by atoms with E-state index < -0.39 is 29.7 Å². The van der Waals surface area contributed by atoms with E-state index in [0.717, 1.165) is 12.1 Å². The first-order valence-corrected chi connectivity index (χ1v) is 4.54. The van der Waals surface area contributed by atoms with Gasteiger partial charge in [-0.25, -0.2) is 4.39 Å². The van der Waals surface area contributed by atoms with E-state index >= 15 is 0 Å². The summed E-state index contributed by atoms with van der Waals surface area (Å²) in [5.74, 6) is -1.43. The average molecular weight is 237 g/mol. The molecule has 0 aliphatic heterocycles. The quantitative estimate of drug-likeness (QED) is 0.775. The third kappa shape index (κ3) is 2.51. The summed E-state index contributed by atoms with van der Waals surface area (Å²) in [5.41, 5.74) is 3.68. The maximum Gasteiger partial charge on any atom is 0.419 e. The van der Waals surface area contributed by atoms with Crippen LogP contribution in [0, 0.1) is 5.82 Å². The molecule has 0 amide bonds. The van der Waals surface area contributed by atoms with Gasteiger partial charge in [0.05, 0.1) is 17.7 Å². The highest BCUT2D eigenvalue weighted by Gasteiger charge is 2.35. The molecule has 90 valence electrons. The molecule has 1 rings (SSSR count). The number of nitrogens with two attached hydrogens (primary N) is 1. The van der Waals surface area contributed by atoms with Gasteiger partial charge >= 0.3 is 6.18 Å². The topological polar surface area (TPSA) is 46.2 Å². The van der Waals surface area contributed by atoms with Crippen LogP contribution in [0.3, 0.4) is 0 Å². The fourth-order valence-electron chi connectivity index (χ4n) is 1.29. The Kier molecular flexibility index (Phi) is 3.54. The van der Waals surface area contributed by atoms with Crippen molar-refractivity contribution in [1.82, 2.24) is 0 Å². The van der Waals surface area contributed by atoms with Crippen molar-refractivity contribution in [3.05, 3.63) is 35.1 Å². The zero-order valence-corrected chi connectivity index (χ0v) is 8.42. The van der Waals surface area contributed by atoms with Gasteiger partial charge in [0.2, 0.25) is 0 Å². The molecule has 0 saturated heterocycles. The van der Waals surface area contributed by atoms with Crippen molar-refractivity contribution in [2.75, 3.05) is 0 Å². The van der Waals surface area contributed by atoms with Crippen LogP contribution in [0.1, 0.15) is 24.1 Å². The molecule has 0 aromatic heterocycles. The molecule has 1 aromatic rings. The SMILES string of the molecule is C[C@@H](O)[C@@H](N)c1cccc(C(F)(F)F)c1F. The van der Waals surface area contributed by atoms with Gasteiger partial charge in [0.1, 0.15) is 5.82 Å². The summed E-state index contributed by atoms with van der Waals surface area (Å²) in [4.78, 5) is 0. The van der Waals surface area contributed by atoms with E-state index in [1.807, 2.05) is 0 Å². The van der Waals surface area contributed by atoms with Crippen molar-refractivity contribution in [1.29, 1.82) is 0 Å². The zero-order valence-electron chi connectivity index (χ0n) is 8.42. The molecular weight excluding hydrogens is 226 g/mol. The smallest absolute Gasteiger partial charge is 0.391 e. The molecule has 3 N–H and O–H groups in total. The summed E-state index contributed by atoms with van der Waals surface area (Å²) in [5, 5.41) is 9.12. The maximum atomic E-state index is 13.5. The Morgan fingerprint density at radius 3 is 2.31 bits per heavy atom. The first-order chi connectivity index (χ1) is 7.25. The minimum Gasteiger partial charge on any atom is -0.391 e. The van der Waals surface area contributed by atoms with Crippen molar-refractivity contribution in [3.8, 4) is 0 Å². The number of alkyl halides is 3. The van der Waals surface area contributed by atoms with Crippen LogP contribution in [0.15, 0.2) is 18.2 Å². The molecule has 2 atom stereocenters. The second-order valence-corrected chi connectivity index (χ2v) is 3.47. The molecule has 0 aliphatic carbocycles. The number of halogens is 4. The molecule has 6 heteroatoms. The molecule has 0 bridgehead atoms.